The number of piperidine rings is 1. The highest BCUT2D eigenvalue weighted by Gasteiger charge is 2.60. The van der Waals surface area contributed by atoms with Crippen LogP contribution in [-0.4, -0.2) is 105 Å². The molecular formula is C23H35N5O6S. The summed E-state index contributed by atoms with van der Waals surface area (Å²) in [7, 11) is 1.93. The van der Waals surface area contributed by atoms with Crippen LogP contribution in [0.3, 0.4) is 0 Å². The second kappa shape index (κ2) is 9.98. The van der Waals surface area contributed by atoms with Crippen LogP contribution in [0, 0.1) is 17.2 Å². The van der Waals surface area contributed by atoms with Crippen LogP contribution in [0.5, 0.6) is 0 Å². The Balaban J connectivity index is 1.42. The van der Waals surface area contributed by atoms with Gasteiger partial charge >= 0.3 is 6.16 Å². The number of nitrogens with zero attached hydrogens (tertiary/aromatic N) is 3. The van der Waals surface area contributed by atoms with Gasteiger partial charge in [-0.3, -0.25) is 24.8 Å². The summed E-state index contributed by atoms with van der Waals surface area (Å²) in [6, 6.07) is -0.356. The van der Waals surface area contributed by atoms with Gasteiger partial charge in [-0.05, 0) is 40.2 Å². The minimum absolute atomic E-state index is 0.0392. The number of nitrogens with one attached hydrogen (secondary N) is 2. The topological polar surface area (TPSA) is 146 Å². The number of aliphatic hydroxyl groups is 1. The molecule has 2 amide bonds. The molecule has 3 fully saturated rings. The number of carbonyl (C=O) groups is 3. The highest BCUT2D eigenvalue weighted by molar-refractivity contribution is 8.03. The molecule has 35 heavy (non-hydrogen) atoms. The Morgan fingerprint density at radius 2 is 1.94 bits per heavy atom. The zero-order chi connectivity index (χ0) is 25.6. The van der Waals surface area contributed by atoms with Crippen molar-refractivity contribution in [2.75, 3.05) is 26.7 Å². The van der Waals surface area contributed by atoms with Crippen LogP contribution >= 0.6 is 11.8 Å². The molecule has 0 aromatic heterocycles. The Hall–Kier alpha value is -2.31. The van der Waals surface area contributed by atoms with Gasteiger partial charge in [0.2, 0.25) is 17.7 Å². The van der Waals surface area contributed by atoms with Crippen molar-refractivity contribution >= 4 is 35.6 Å². The highest BCUT2D eigenvalue weighted by Crippen LogP contribution is 2.52. The summed E-state index contributed by atoms with van der Waals surface area (Å²) in [5.41, 5.74) is 0. The van der Waals surface area contributed by atoms with E-state index in [0.29, 0.717) is 36.8 Å². The highest BCUT2D eigenvalue weighted by atomic mass is 32.2. The zero-order valence-corrected chi connectivity index (χ0v) is 21.4. The Labute approximate surface area is 209 Å². The molecule has 6 atom stereocenters. The molecule has 194 valence electrons. The lowest BCUT2D eigenvalue weighted by Gasteiger charge is -2.45. The van der Waals surface area contributed by atoms with Crippen LogP contribution in [0.2, 0.25) is 0 Å². The smallest absolute Gasteiger partial charge is 0.449 e. The Morgan fingerprint density at radius 1 is 1.29 bits per heavy atom. The molecular weight excluding hydrogens is 474 g/mol. The van der Waals surface area contributed by atoms with E-state index in [0.717, 1.165) is 12.8 Å². The predicted molar refractivity (Wildman–Crippen MR) is 130 cm³/mol. The first-order chi connectivity index (χ1) is 16.5. The standard InChI is InChI=1S/C23H35N5O6S/c1-11-18-17(12(2)29)21(31)28(18)22(34-23(32)33)19(11)35-15-9-16(26(4)10-15)20(30)27-7-5-14(6-8-27)25-13(3)24/h11-12,14-18,29H,5-10H2,1-4H3,(H2,24,25)(H,32,33)/t11?,12?,15?,16?,17?,18-/m0/s1. The third kappa shape index (κ3) is 4.88. The number of hydrogen-bond donors (Lipinski definition) is 4. The average Bonchev–Trinajstić information content (AvgIpc) is 3.23. The lowest BCUT2D eigenvalue weighted by atomic mass is 9.79. The fraction of sp³-hybridized carbons (Fsp3) is 0.739. The van der Waals surface area contributed by atoms with Crippen molar-refractivity contribution in [3.63, 3.8) is 0 Å². The number of amides is 2. The minimum atomic E-state index is -1.48. The molecule has 0 radical (unpaired) electrons. The normalized spacial score (nSPS) is 32.4. The van der Waals surface area contributed by atoms with Gasteiger partial charge in [-0.15, -0.1) is 11.8 Å². The quantitative estimate of drug-likeness (QED) is 0.179. The first-order valence-electron chi connectivity index (χ1n) is 12.1. The first-order valence-corrected chi connectivity index (χ1v) is 13.0. The van der Waals surface area contributed by atoms with Crippen molar-refractivity contribution < 1.29 is 29.3 Å². The number of carboxylic acid groups (broad SMARTS) is 1. The minimum Gasteiger partial charge on any atom is -0.449 e. The fourth-order valence-corrected chi connectivity index (χ4v) is 7.41. The van der Waals surface area contributed by atoms with Crippen molar-refractivity contribution in [2.24, 2.45) is 11.8 Å². The van der Waals surface area contributed by atoms with E-state index in [-0.39, 0.29) is 47.0 Å². The van der Waals surface area contributed by atoms with Crippen LogP contribution in [0.25, 0.3) is 0 Å². The zero-order valence-electron chi connectivity index (χ0n) is 20.6. The number of likely N-dealkylation sites (N-methyl/N-ethyl adjacent to an activating group) is 1. The Morgan fingerprint density at radius 3 is 2.51 bits per heavy atom. The molecule has 4 N–H and O–H groups in total. The summed E-state index contributed by atoms with van der Waals surface area (Å²) in [4.78, 5) is 43.3. The van der Waals surface area contributed by atoms with Crippen LogP contribution < -0.4 is 5.32 Å². The second-order valence-electron chi connectivity index (χ2n) is 10.1. The van der Waals surface area contributed by atoms with Gasteiger partial charge in [-0.1, -0.05) is 6.92 Å². The molecule has 0 spiro atoms. The van der Waals surface area contributed by atoms with Gasteiger partial charge in [0, 0.05) is 36.8 Å². The molecule has 11 nitrogen and oxygen atoms in total. The molecule has 4 heterocycles. The molecule has 0 bridgehead atoms. The van der Waals surface area contributed by atoms with Crippen LogP contribution in [0.4, 0.5) is 4.79 Å². The molecule has 0 aromatic rings. The number of β-lactam (4-membered cyclic amide) rings is 1. The van der Waals surface area contributed by atoms with E-state index in [1.54, 1.807) is 13.8 Å². The van der Waals surface area contributed by atoms with Gasteiger partial charge in [-0.25, -0.2) is 4.79 Å². The van der Waals surface area contributed by atoms with Gasteiger partial charge in [0.05, 0.1) is 34.8 Å². The Kier molecular flexibility index (Phi) is 7.35. The molecule has 4 rings (SSSR count). The van der Waals surface area contributed by atoms with Crippen LogP contribution in [0.1, 0.15) is 40.0 Å². The molecule has 4 aliphatic heterocycles. The number of ether oxygens (including phenoxy) is 1. The first kappa shape index (κ1) is 25.8. The van der Waals surface area contributed by atoms with Gasteiger partial charge in [0.1, 0.15) is 0 Å². The van der Waals surface area contributed by atoms with E-state index in [9.17, 15) is 24.6 Å². The van der Waals surface area contributed by atoms with E-state index in [1.165, 1.54) is 16.7 Å². The van der Waals surface area contributed by atoms with E-state index in [2.05, 4.69) is 5.32 Å². The lowest BCUT2D eigenvalue weighted by molar-refractivity contribution is -0.163. The molecule has 0 aliphatic carbocycles. The molecule has 5 unspecified atom stereocenters. The number of aliphatic hydroxyl groups excluding tert-OH is 1. The number of amidine groups is 1. The van der Waals surface area contributed by atoms with Crippen molar-refractivity contribution in [1.29, 1.82) is 5.41 Å². The van der Waals surface area contributed by atoms with Crippen LogP contribution in [-0.2, 0) is 14.3 Å². The number of fused-ring (bicyclic) bond motifs is 1. The van der Waals surface area contributed by atoms with E-state index in [1.807, 2.05) is 23.8 Å². The van der Waals surface area contributed by atoms with Gasteiger partial charge in [0.25, 0.3) is 0 Å². The third-order valence-corrected chi connectivity index (χ3v) is 9.04. The summed E-state index contributed by atoms with van der Waals surface area (Å²) in [5.74, 6) is -0.477. The summed E-state index contributed by atoms with van der Waals surface area (Å²) in [6.45, 7) is 7.19. The summed E-state index contributed by atoms with van der Waals surface area (Å²) >= 11 is 1.48. The van der Waals surface area contributed by atoms with Gasteiger partial charge in [-0.2, -0.15) is 0 Å². The molecule has 3 saturated heterocycles. The SMILES string of the molecule is CC(=N)NC1CCN(C(=O)C2CC(SC3=C(OC(=O)O)N4C(=O)C(C(C)O)[C@@H]4C3C)CN2C)CC1. The summed E-state index contributed by atoms with van der Waals surface area (Å²) in [6.07, 6.45) is -0.0678. The predicted octanol–water partition coefficient (Wildman–Crippen LogP) is 1.09. The van der Waals surface area contributed by atoms with Crippen molar-refractivity contribution in [3.05, 3.63) is 10.8 Å². The van der Waals surface area contributed by atoms with E-state index >= 15 is 0 Å². The fourth-order valence-electron chi connectivity index (χ4n) is 5.87. The van der Waals surface area contributed by atoms with Crippen molar-refractivity contribution in [1.82, 2.24) is 20.0 Å². The molecule has 0 saturated carbocycles. The lowest BCUT2D eigenvalue weighted by Crippen LogP contribution is -2.63. The molecule has 4 aliphatic rings. The maximum absolute atomic E-state index is 13.3. The van der Waals surface area contributed by atoms with Crippen molar-refractivity contribution in [2.45, 2.75) is 69.5 Å². The Bertz CT molecular complexity index is 933. The van der Waals surface area contributed by atoms with E-state index < -0.39 is 18.2 Å². The maximum atomic E-state index is 13.3. The number of likely N-dealkylation sites (tertiary alicyclic amines) is 2. The monoisotopic (exact) mass is 509 g/mol. The van der Waals surface area contributed by atoms with Gasteiger partial charge < -0.3 is 25.2 Å². The molecule has 0 aromatic carbocycles. The van der Waals surface area contributed by atoms with Gasteiger partial charge in [0.15, 0.2) is 0 Å². The van der Waals surface area contributed by atoms with Crippen LogP contribution in [0.15, 0.2) is 10.8 Å². The third-order valence-electron chi connectivity index (χ3n) is 7.56. The average molecular weight is 510 g/mol. The second-order valence-corrected chi connectivity index (χ2v) is 11.4. The summed E-state index contributed by atoms with van der Waals surface area (Å²) < 4.78 is 5.06. The van der Waals surface area contributed by atoms with Crippen molar-refractivity contribution in [3.8, 4) is 0 Å². The summed E-state index contributed by atoms with van der Waals surface area (Å²) in [5, 5.41) is 30.1. The number of thioether (sulfide) groups is 1. The maximum Gasteiger partial charge on any atom is 0.512 e. The number of hydrogen-bond acceptors (Lipinski definition) is 8. The number of carbonyl (C=O) groups excluding carboxylic acids is 2. The number of rotatable bonds is 6. The van der Waals surface area contributed by atoms with E-state index in [4.69, 9.17) is 10.1 Å². The molecule has 12 heteroatoms. The largest absolute Gasteiger partial charge is 0.512 e.